The lowest BCUT2D eigenvalue weighted by molar-refractivity contribution is -0.116. The van der Waals surface area contributed by atoms with E-state index in [9.17, 15) is 13.2 Å². The number of unbranched alkanes of at least 4 members (excludes halogenated alkanes) is 1. The van der Waals surface area contributed by atoms with E-state index in [0.29, 0.717) is 22.9 Å². The minimum Gasteiger partial charge on any atom is -0.493 e. The van der Waals surface area contributed by atoms with Crippen LogP contribution >= 0.6 is 0 Å². The summed E-state index contributed by atoms with van der Waals surface area (Å²) in [7, 11) is -0.779. The van der Waals surface area contributed by atoms with Gasteiger partial charge in [-0.2, -0.15) is 0 Å². The number of aryl methyl sites for hydroxylation is 1. The van der Waals surface area contributed by atoms with Crippen molar-refractivity contribution < 1.29 is 22.7 Å². The van der Waals surface area contributed by atoms with Gasteiger partial charge >= 0.3 is 0 Å². The van der Waals surface area contributed by atoms with E-state index in [-0.39, 0.29) is 0 Å². The second-order valence-electron chi connectivity index (χ2n) is 7.06. The molecule has 0 aliphatic heterocycles. The van der Waals surface area contributed by atoms with E-state index in [0.717, 1.165) is 29.8 Å². The Hall–Kier alpha value is -2.74. The first kappa shape index (κ1) is 23.5. The normalized spacial score (nSPS) is 12.2. The van der Waals surface area contributed by atoms with Crippen LogP contribution in [0.15, 0.2) is 42.5 Å². The van der Waals surface area contributed by atoms with Crippen LogP contribution in [0, 0.1) is 0 Å². The van der Waals surface area contributed by atoms with Crippen molar-refractivity contribution in [1.82, 2.24) is 0 Å². The molecule has 0 unspecified atom stereocenters. The SMILES string of the molecule is CCCCc1ccc(NC(=O)[C@@H](C)N(c2ccc(OC)c(OC)c2)S(C)(=O)=O)cc1. The summed E-state index contributed by atoms with van der Waals surface area (Å²) in [6, 6.07) is 11.3. The third kappa shape index (κ3) is 5.89. The molecule has 0 saturated carbocycles. The van der Waals surface area contributed by atoms with Gasteiger partial charge in [0.05, 0.1) is 26.2 Å². The topological polar surface area (TPSA) is 84.9 Å². The van der Waals surface area contributed by atoms with Gasteiger partial charge < -0.3 is 14.8 Å². The zero-order valence-electron chi connectivity index (χ0n) is 18.1. The third-order valence-electron chi connectivity index (χ3n) is 4.75. The first-order valence-electron chi connectivity index (χ1n) is 9.82. The van der Waals surface area contributed by atoms with Crippen LogP contribution in [-0.2, 0) is 21.2 Å². The van der Waals surface area contributed by atoms with Crippen LogP contribution in [-0.4, -0.2) is 40.8 Å². The van der Waals surface area contributed by atoms with Gasteiger partial charge in [-0.25, -0.2) is 8.42 Å². The van der Waals surface area contributed by atoms with Crippen molar-refractivity contribution in [3.05, 3.63) is 48.0 Å². The predicted molar refractivity (Wildman–Crippen MR) is 120 cm³/mol. The molecule has 0 spiro atoms. The molecule has 0 heterocycles. The van der Waals surface area contributed by atoms with Gasteiger partial charge in [-0.1, -0.05) is 25.5 Å². The molecule has 0 radical (unpaired) electrons. The van der Waals surface area contributed by atoms with Crippen LogP contribution in [0.4, 0.5) is 11.4 Å². The number of amides is 1. The van der Waals surface area contributed by atoms with Gasteiger partial charge in [0.1, 0.15) is 6.04 Å². The van der Waals surface area contributed by atoms with E-state index in [2.05, 4.69) is 12.2 Å². The number of carbonyl (C=O) groups is 1. The predicted octanol–water partition coefficient (Wildman–Crippen LogP) is 3.84. The van der Waals surface area contributed by atoms with Crippen molar-refractivity contribution in [3.63, 3.8) is 0 Å². The Kier molecular flexibility index (Phi) is 8.11. The van der Waals surface area contributed by atoms with Crippen LogP contribution < -0.4 is 19.1 Å². The molecule has 8 heteroatoms. The molecule has 2 aromatic rings. The Labute approximate surface area is 179 Å². The molecule has 7 nitrogen and oxygen atoms in total. The highest BCUT2D eigenvalue weighted by Crippen LogP contribution is 2.33. The molecule has 0 aromatic heterocycles. The maximum Gasteiger partial charge on any atom is 0.247 e. The van der Waals surface area contributed by atoms with Crippen molar-refractivity contribution in [2.75, 3.05) is 30.1 Å². The molecular weight excluding hydrogens is 404 g/mol. The summed E-state index contributed by atoms with van der Waals surface area (Å²) in [5.74, 6) is 0.408. The number of ether oxygens (including phenoxy) is 2. The lowest BCUT2D eigenvalue weighted by Gasteiger charge is -2.28. The van der Waals surface area contributed by atoms with E-state index in [1.807, 2.05) is 24.3 Å². The molecular formula is C22H30N2O5S. The first-order valence-corrected chi connectivity index (χ1v) is 11.7. The highest BCUT2D eigenvalue weighted by atomic mass is 32.2. The third-order valence-corrected chi connectivity index (χ3v) is 5.99. The van der Waals surface area contributed by atoms with Crippen LogP contribution in [0.5, 0.6) is 11.5 Å². The van der Waals surface area contributed by atoms with Crippen molar-refractivity contribution in [1.29, 1.82) is 0 Å². The van der Waals surface area contributed by atoms with Crippen molar-refractivity contribution in [3.8, 4) is 11.5 Å². The van der Waals surface area contributed by atoms with Gasteiger partial charge in [-0.15, -0.1) is 0 Å². The zero-order chi connectivity index (χ0) is 22.3. The number of rotatable bonds is 10. The molecule has 1 amide bonds. The molecule has 164 valence electrons. The summed E-state index contributed by atoms with van der Waals surface area (Å²) < 4.78 is 36.5. The monoisotopic (exact) mass is 434 g/mol. The molecule has 2 rings (SSSR count). The Morgan fingerprint density at radius 3 is 2.23 bits per heavy atom. The molecule has 2 aromatic carbocycles. The molecule has 0 bridgehead atoms. The lowest BCUT2D eigenvalue weighted by atomic mass is 10.1. The van der Waals surface area contributed by atoms with Gasteiger partial charge in [0.15, 0.2) is 11.5 Å². The number of sulfonamides is 1. The Bertz CT molecular complexity index is 958. The Balaban J connectivity index is 2.25. The standard InChI is InChI=1S/C22H30N2O5S/c1-6-7-8-17-9-11-18(12-10-17)23-22(25)16(2)24(30(5,26)27)19-13-14-20(28-3)21(15-19)29-4/h9-16H,6-8H2,1-5H3,(H,23,25)/t16-/m1/s1. The lowest BCUT2D eigenvalue weighted by Crippen LogP contribution is -2.45. The average molecular weight is 435 g/mol. The van der Waals surface area contributed by atoms with Crippen molar-refractivity contribution in [2.24, 2.45) is 0 Å². The number of hydrogen-bond donors (Lipinski definition) is 1. The first-order chi connectivity index (χ1) is 14.2. The number of methoxy groups -OCH3 is 2. The summed E-state index contributed by atoms with van der Waals surface area (Å²) in [5.41, 5.74) is 2.13. The largest absolute Gasteiger partial charge is 0.493 e. The van der Waals surface area contributed by atoms with Crippen LogP contribution in [0.1, 0.15) is 32.3 Å². The van der Waals surface area contributed by atoms with Crippen LogP contribution in [0.2, 0.25) is 0 Å². The fourth-order valence-corrected chi connectivity index (χ4v) is 4.32. The molecule has 0 aliphatic rings. The van der Waals surface area contributed by atoms with Crippen molar-refractivity contribution >= 4 is 27.3 Å². The Morgan fingerprint density at radius 2 is 1.70 bits per heavy atom. The molecule has 0 saturated heterocycles. The summed E-state index contributed by atoms with van der Waals surface area (Å²) in [6.45, 7) is 3.69. The number of nitrogens with zero attached hydrogens (tertiary/aromatic N) is 1. The van der Waals surface area contributed by atoms with Crippen molar-refractivity contribution in [2.45, 2.75) is 39.2 Å². The highest BCUT2D eigenvalue weighted by molar-refractivity contribution is 7.92. The van der Waals surface area contributed by atoms with E-state index in [1.165, 1.54) is 25.8 Å². The summed E-state index contributed by atoms with van der Waals surface area (Å²) in [6.07, 6.45) is 4.28. The highest BCUT2D eigenvalue weighted by Gasteiger charge is 2.30. The van der Waals surface area contributed by atoms with Crippen LogP contribution in [0.3, 0.4) is 0 Å². The van der Waals surface area contributed by atoms with Crippen LogP contribution in [0.25, 0.3) is 0 Å². The second-order valence-corrected chi connectivity index (χ2v) is 8.92. The van der Waals surface area contributed by atoms with E-state index in [1.54, 1.807) is 19.1 Å². The minimum absolute atomic E-state index is 0.313. The average Bonchev–Trinajstić information content (AvgIpc) is 2.72. The molecule has 0 aliphatic carbocycles. The molecule has 1 atom stereocenters. The summed E-state index contributed by atoms with van der Waals surface area (Å²) in [5, 5.41) is 2.80. The van der Waals surface area contributed by atoms with Gasteiger partial charge in [-0.3, -0.25) is 9.10 Å². The number of nitrogens with one attached hydrogen (secondary N) is 1. The smallest absolute Gasteiger partial charge is 0.247 e. The number of carbonyl (C=O) groups excluding carboxylic acids is 1. The van der Waals surface area contributed by atoms with Gasteiger partial charge in [0.2, 0.25) is 15.9 Å². The quantitative estimate of drug-likeness (QED) is 0.614. The minimum atomic E-state index is -3.74. The number of benzene rings is 2. The zero-order valence-corrected chi connectivity index (χ0v) is 19.0. The number of anilines is 2. The van der Waals surface area contributed by atoms with E-state index in [4.69, 9.17) is 9.47 Å². The maximum absolute atomic E-state index is 12.8. The van der Waals surface area contributed by atoms with Gasteiger partial charge in [0.25, 0.3) is 0 Å². The fraction of sp³-hybridized carbons (Fsp3) is 0.409. The van der Waals surface area contributed by atoms with Gasteiger partial charge in [-0.05, 0) is 49.6 Å². The summed E-state index contributed by atoms with van der Waals surface area (Å²) in [4.78, 5) is 12.8. The van der Waals surface area contributed by atoms with Gasteiger partial charge in [0, 0.05) is 11.8 Å². The molecule has 1 N–H and O–H groups in total. The molecule has 0 fully saturated rings. The van der Waals surface area contributed by atoms with E-state index < -0.39 is 22.0 Å². The molecule has 30 heavy (non-hydrogen) atoms. The van der Waals surface area contributed by atoms with E-state index >= 15 is 0 Å². The maximum atomic E-state index is 12.8. The fourth-order valence-electron chi connectivity index (χ4n) is 3.15. The number of hydrogen-bond acceptors (Lipinski definition) is 5. The summed E-state index contributed by atoms with van der Waals surface area (Å²) >= 11 is 0. The Morgan fingerprint density at radius 1 is 1.07 bits per heavy atom. The second kappa shape index (κ2) is 10.3.